The summed E-state index contributed by atoms with van der Waals surface area (Å²) in [5.41, 5.74) is 0.492. The van der Waals surface area contributed by atoms with E-state index < -0.39 is 0 Å². The number of nitrogens with one attached hydrogen (secondary N) is 1. The van der Waals surface area contributed by atoms with Crippen molar-refractivity contribution in [3.63, 3.8) is 0 Å². The fourth-order valence-corrected chi connectivity index (χ4v) is 1.74. The molecular weight excluding hydrogens is 324 g/mol. The second-order valence-corrected chi connectivity index (χ2v) is 4.53. The fraction of sp³-hybridized carbons (Fsp3) is 0.154. The van der Waals surface area contributed by atoms with Crippen LogP contribution < -0.4 is 14.8 Å². The van der Waals surface area contributed by atoms with Crippen molar-refractivity contribution in [3.8, 4) is 23.4 Å². The molecule has 0 amide bonds. The molecule has 1 heterocycles. The summed E-state index contributed by atoms with van der Waals surface area (Å²) in [4.78, 5) is 8.24. The standard InChI is InChI=1S/C13H11BrN4O2/c1-16-13-17-7-9(14)12(18-13)20-10-4-3-8(6-15)5-11(10)19-2/h3-5,7H,1-2H3,(H,16,17,18). The Morgan fingerprint density at radius 3 is 2.80 bits per heavy atom. The Bertz CT molecular complexity index is 670. The molecule has 2 rings (SSSR count). The molecule has 0 bridgehead atoms. The van der Waals surface area contributed by atoms with Gasteiger partial charge in [-0.25, -0.2) is 4.98 Å². The normalized spacial score (nSPS) is 9.70. The van der Waals surface area contributed by atoms with Gasteiger partial charge in [0.15, 0.2) is 11.5 Å². The van der Waals surface area contributed by atoms with E-state index in [9.17, 15) is 0 Å². The topological polar surface area (TPSA) is 80.1 Å². The van der Waals surface area contributed by atoms with Crippen molar-refractivity contribution >= 4 is 21.9 Å². The summed E-state index contributed by atoms with van der Waals surface area (Å²) in [6.45, 7) is 0. The predicted molar refractivity (Wildman–Crippen MR) is 77.1 cm³/mol. The number of hydrogen-bond acceptors (Lipinski definition) is 6. The van der Waals surface area contributed by atoms with Crippen LogP contribution in [0.2, 0.25) is 0 Å². The molecule has 1 aromatic heterocycles. The van der Waals surface area contributed by atoms with Crippen LogP contribution in [0.5, 0.6) is 17.4 Å². The Morgan fingerprint density at radius 1 is 1.35 bits per heavy atom. The van der Waals surface area contributed by atoms with Gasteiger partial charge in [0.1, 0.15) is 0 Å². The average molecular weight is 335 g/mol. The zero-order chi connectivity index (χ0) is 14.5. The smallest absolute Gasteiger partial charge is 0.238 e. The zero-order valence-electron chi connectivity index (χ0n) is 10.8. The lowest BCUT2D eigenvalue weighted by molar-refractivity contribution is 0.373. The first kappa shape index (κ1) is 14.1. The van der Waals surface area contributed by atoms with E-state index in [2.05, 4.69) is 31.2 Å². The number of benzene rings is 1. The largest absolute Gasteiger partial charge is 0.493 e. The average Bonchev–Trinajstić information content (AvgIpc) is 2.49. The van der Waals surface area contributed by atoms with E-state index in [0.717, 1.165) is 0 Å². The first-order valence-electron chi connectivity index (χ1n) is 5.64. The van der Waals surface area contributed by atoms with E-state index in [0.29, 0.717) is 33.4 Å². The van der Waals surface area contributed by atoms with E-state index in [1.807, 2.05) is 6.07 Å². The predicted octanol–water partition coefficient (Wildman–Crippen LogP) is 2.95. The van der Waals surface area contributed by atoms with Crippen LogP contribution in [0.15, 0.2) is 28.9 Å². The van der Waals surface area contributed by atoms with Crippen LogP contribution in [-0.2, 0) is 0 Å². The highest BCUT2D eigenvalue weighted by Gasteiger charge is 2.11. The van der Waals surface area contributed by atoms with Gasteiger partial charge in [0, 0.05) is 13.1 Å². The maximum absolute atomic E-state index is 8.87. The minimum Gasteiger partial charge on any atom is -0.493 e. The molecule has 0 atom stereocenters. The lowest BCUT2D eigenvalue weighted by Gasteiger charge is -2.11. The highest BCUT2D eigenvalue weighted by Crippen LogP contribution is 2.34. The number of rotatable bonds is 4. The lowest BCUT2D eigenvalue weighted by Crippen LogP contribution is -1.99. The number of methoxy groups -OCH3 is 1. The maximum Gasteiger partial charge on any atom is 0.238 e. The SMILES string of the molecule is CNc1ncc(Br)c(Oc2ccc(C#N)cc2OC)n1. The third kappa shape index (κ3) is 2.97. The van der Waals surface area contributed by atoms with E-state index in [4.69, 9.17) is 14.7 Å². The van der Waals surface area contributed by atoms with Crippen molar-refractivity contribution in [2.75, 3.05) is 19.5 Å². The van der Waals surface area contributed by atoms with Crippen LogP contribution in [0.4, 0.5) is 5.95 Å². The Labute approximate surface area is 124 Å². The first-order valence-corrected chi connectivity index (χ1v) is 6.43. The van der Waals surface area contributed by atoms with Gasteiger partial charge in [0.25, 0.3) is 0 Å². The summed E-state index contributed by atoms with van der Waals surface area (Å²) in [5, 5.41) is 11.7. The highest BCUT2D eigenvalue weighted by molar-refractivity contribution is 9.10. The van der Waals surface area contributed by atoms with E-state index in [1.165, 1.54) is 7.11 Å². The van der Waals surface area contributed by atoms with Crippen LogP contribution in [0.3, 0.4) is 0 Å². The molecule has 0 spiro atoms. The van der Waals surface area contributed by atoms with Gasteiger partial charge < -0.3 is 14.8 Å². The van der Waals surface area contributed by atoms with Gasteiger partial charge in [-0.2, -0.15) is 10.2 Å². The molecule has 0 aliphatic heterocycles. The molecule has 6 nitrogen and oxygen atoms in total. The molecule has 0 aliphatic rings. The summed E-state index contributed by atoms with van der Waals surface area (Å²) in [6, 6.07) is 6.95. The third-order valence-corrected chi connectivity index (χ3v) is 2.98. The van der Waals surface area contributed by atoms with Gasteiger partial charge >= 0.3 is 0 Å². The number of aromatic nitrogens is 2. The molecule has 0 radical (unpaired) electrons. The molecule has 0 fully saturated rings. The third-order valence-electron chi connectivity index (χ3n) is 2.43. The molecule has 0 aliphatic carbocycles. The second kappa shape index (κ2) is 6.21. The van der Waals surface area contributed by atoms with E-state index in [1.54, 1.807) is 31.4 Å². The lowest BCUT2D eigenvalue weighted by atomic mass is 10.2. The number of anilines is 1. The van der Waals surface area contributed by atoms with Crippen LogP contribution in [-0.4, -0.2) is 24.1 Å². The molecule has 0 unspecified atom stereocenters. The van der Waals surface area contributed by atoms with Gasteiger partial charge in [-0.1, -0.05) is 0 Å². The Kier molecular flexibility index (Phi) is 4.38. The molecule has 20 heavy (non-hydrogen) atoms. The summed E-state index contributed by atoms with van der Waals surface area (Å²) < 4.78 is 11.5. The van der Waals surface area contributed by atoms with Gasteiger partial charge in [0.2, 0.25) is 11.8 Å². The number of ether oxygens (including phenoxy) is 2. The van der Waals surface area contributed by atoms with Crippen molar-refractivity contribution in [2.45, 2.75) is 0 Å². The summed E-state index contributed by atoms with van der Waals surface area (Å²) in [5.74, 6) is 1.72. The number of nitrogens with zero attached hydrogens (tertiary/aromatic N) is 3. The second-order valence-electron chi connectivity index (χ2n) is 3.68. The molecule has 0 saturated carbocycles. The molecule has 102 valence electrons. The number of nitriles is 1. The number of halogens is 1. The van der Waals surface area contributed by atoms with Crippen LogP contribution >= 0.6 is 15.9 Å². The molecule has 7 heteroatoms. The quantitative estimate of drug-likeness (QED) is 0.925. The number of hydrogen-bond donors (Lipinski definition) is 1. The molecule has 0 saturated heterocycles. The van der Waals surface area contributed by atoms with Crippen molar-refractivity contribution in [3.05, 3.63) is 34.4 Å². The zero-order valence-corrected chi connectivity index (χ0v) is 12.4. The van der Waals surface area contributed by atoms with Crippen LogP contribution in [0.1, 0.15) is 5.56 Å². The summed E-state index contributed by atoms with van der Waals surface area (Å²) in [6.07, 6.45) is 1.59. The van der Waals surface area contributed by atoms with Crippen molar-refractivity contribution < 1.29 is 9.47 Å². The molecule has 1 aromatic carbocycles. The van der Waals surface area contributed by atoms with E-state index >= 15 is 0 Å². The highest BCUT2D eigenvalue weighted by atomic mass is 79.9. The van der Waals surface area contributed by atoms with E-state index in [-0.39, 0.29) is 0 Å². The first-order chi connectivity index (χ1) is 9.67. The van der Waals surface area contributed by atoms with Crippen LogP contribution in [0, 0.1) is 11.3 Å². The van der Waals surface area contributed by atoms with Crippen molar-refractivity contribution in [1.29, 1.82) is 5.26 Å². The van der Waals surface area contributed by atoms with Crippen LogP contribution in [0.25, 0.3) is 0 Å². The van der Waals surface area contributed by atoms with Gasteiger partial charge in [-0.15, -0.1) is 0 Å². The van der Waals surface area contributed by atoms with Gasteiger partial charge in [0.05, 0.1) is 29.4 Å². The van der Waals surface area contributed by atoms with Gasteiger partial charge in [-0.3, -0.25) is 0 Å². The summed E-state index contributed by atoms with van der Waals surface area (Å²) >= 11 is 3.32. The van der Waals surface area contributed by atoms with Crippen molar-refractivity contribution in [2.24, 2.45) is 0 Å². The Hall–Kier alpha value is -2.33. The Morgan fingerprint density at radius 2 is 2.15 bits per heavy atom. The Balaban J connectivity index is 2.37. The molecule has 1 N–H and O–H groups in total. The minimum absolute atomic E-state index is 0.354. The van der Waals surface area contributed by atoms with Gasteiger partial charge in [-0.05, 0) is 28.1 Å². The fourth-order valence-electron chi connectivity index (χ4n) is 1.47. The van der Waals surface area contributed by atoms with Crippen molar-refractivity contribution in [1.82, 2.24) is 9.97 Å². The molecular formula is C13H11BrN4O2. The monoisotopic (exact) mass is 334 g/mol. The summed E-state index contributed by atoms with van der Waals surface area (Å²) in [7, 11) is 3.23. The maximum atomic E-state index is 8.87. The minimum atomic E-state index is 0.354. The molecule has 2 aromatic rings.